The van der Waals surface area contributed by atoms with Gasteiger partial charge in [0.2, 0.25) is 5.91 Å². The number of nitrogens with one attached hydrogen (secondary N) is 1. The second-order valence-corrected chi connectivity index (χ2v) is 8.08. The highest BCUT2D eigenvalue weighted by Crippen LogP contribution is 2.17. The van der Waals surface area contributed by atoms with Gasteiger partial charge >= 0.3 is 0 Å². The van der Waals surface area contributed by atoms with Gasteiger partial charge in [0.25, 0.3) is 0 Å². The van der Waals surface area contributed by atoms with Gasteiger partial charge in [-0.25, -0.2) is 0 Å². The van der Waals surface area contributed by atoms with Crippen molar-refractivity contribution in [1.29, 1.82) is 0 Å². The van der Waals surface area contributed by atoms with E-state index >= 15 is 0 Å². The zero-order valence-corrected chi connectivity index (χ0v) is 15.0. The summed E-state index contributed by atoms with van der Waals surface area (Å²) in [5.41, 5.74) is 0. The van der Waals surface area contributed by atoms with Crippen molar-refractivity contribution in [3.05, 3.63) is 0 Å². The average molecular weight is 342 g/mol. The first kappa shape index (κ1) is 17.5. The molecule has 1 amide bonds. The number of hydrogen-bond acceptors (Lipinski definition) is 5. The van der Waals surface area contributed by atoms with E-state index in [0.29, 0.717) is 24.5 Å². The standard InChI is InChI=1S/C17H31N3O2S/c21-17(13-15-14-23-12-5-18-15)20-8-3-16(4-9-20)22-11-10-19-6-1-2-7-19/h15-16,18H,1-14H2. The number of nitrogens with zero attached hydrogens (tertiary/aromatic N) is 2. The van der Waals surface area contributed by atoms with Crippen molar-refractivity contribution in [1.82, 2.24) is 15.1 Å². The molecule has 3 saturated heterocycles. The molecule has 0 spiro atoms. The molecule has 3 rings (SSSR count). The SMILES string of the molecule is O=C(CC1CSCCN1)N1CCC(OCCN2CCCC2)CC1. The lowest BCUT2D eigenvalue weighted by molar-refractivity contribution is -0.134. The van der Waals surface area contributed by atoms with Crippen molar-refractivity contribution >= 4 is 17.7 Å². The van der Waals surface area contributed by atoms with Crippen LogP contribution in [-0.4, -0.2) is 85.2 Å². The third-order valence-corrected chi connectivity index (χ3v) is 6.30. The summed E-state index contributed by atoms with van der Waals surface area (Å²) in [6.45, 7) is 7.18. The molecule has 0 aromatic rings. The summed E-state index contributed by atoms with van der Waals surface area (Å²) in [7, 11) is 0. The van der Waals surface area contributed by atoms with Crippen LogP contribution in [-0.2, 0) is 9.53 Å². The molecule has 6 heteroatoms. The maximum atomic E-state index is 12.4. The first-order valence-corrected chi connectivity index (χ1v) is 10.4. The normalized spacial score (nSPS) is 27.5. The summed E-state index contributed by atoms with van der Waals surface area (Å²) in [6.07, 6.45) is 5.69. The number of piperidine rings is 1. The molecule has 0 aromatic heterocycles. The Hall–Kier alpha value is -0.300. The number of carbonyl (C=O) groups excluding carboxylic acids is 1. The summed E-state index contributed by atoms with van der Waals surface area (Å²) >= 11 is 1.95. The Kier molecular flexibility index (Phi) is 7.05. The molecule has 23 heavy (non-hydrogen) atoms. The molecule has 1 unspecified atom stereocenters. The van der Waals surface area contributed by atoms with Crippen LogP contribution in [0.5, 0.6) is 0 Å². The average Bonchev–Trinajstić information content (AvgIpc) is 3.10. The minimum Gasteiger partial charge on any atom is -0.377 e. The zero-order chi connectivity index (χ0) is 15.9. The Labute approximate surface area is 144 Å². The van der Waals surface area contributed by atoms with Crippen LogP contribution in [0.1, 0.15) is 32.1 Å². The highest BCUT2D eigenvalue weighted by Gasteiger charge is 2.26. The van der Waals surface area contributed by atoms with Crippen LogP contribution in [0.15, 0.2) is 0 Å². The number of carbonyl (C=O) groups is 1. The van der Waals surface area contributed by atoms with Crippen LogP contribution in [0.3, 0.4) is 0 Å². The minimum absolute atomic E-state index is 0.320. The number of rotatable bonds is 6. The van der Waals surface area contributed by atoms with Gasteiger partial charge in [-0.15, -0.1) is 0 Å². The van der Waals surface area contributed by atoms with Gasteiger partial charge in [0.15, 0.2) is 0 Å². The van der Waals surface area contributed by atoms with E-state index in [2.05, 4.69) is 10.2 Å². The lowest BCUT2D eigenvalue weighted by atomic mass is 10.1. The first-order valence-electron chi connectivity index (χ1n) is 9.24. The Morgan fingerprint density at radius 3 is 2.65 bits per heavy atom. The molecule has 3 aliphatic heterocycles. The van der Waals surface area contributed by atoms with Crippen molar-refractivity contribution in [2.24, 2.45) is 0 Å². The van der Waals surface area contributed by atoms with Crippen LogP contribution in [0.25, 0.3) is 0 Å². The lowest BCUT2D eigenvalue weighted by Gasteiger charge is -2.33. The number of likely N-dealkylation sites (tertiary alicyclic amines) is 2. The molecule has 1 atom stereocenters. The monoisotopic (exact) mass is 341 g/mol. The molecule has 0 aromatic carbocycles. The maximum absolute atomic E-state index is 12.4. The van der Waals surface area contributed by atoms with E-state index in [1.165, 1.54) is 31.7 Å². The number of hydrogen-bond donors (Lipinski definition) is 1. The predicted molar refractivity (Wildman–Crippen MR) is 95.0 cm³/mol. The van der Waals surface area contributed by atoms with Gasteiger partial charge in [0.1, 0.15) is 0 Å². The zero-order valence-electron chi connectivity index (χ0n) is 14.2. The smallest absolute Gasteiger partial charge is 0.224 e. The Morgan fingerprint density at radius 1 is 1.17 bits per heavy atom. The molecule has 0 bridgehead atoms. The van der Waals surface area contributed by atoms with E-state index in [1.54, 1.807) is 0 Å². The minimum atomic E-state index is 0.320. The molecular formula is C17H31N3O2S. The second kappa shape index (κ2) is 9.25. The number of ether oxygens (including phenoxy) is 1. The quantitative estimate of drug-likeness (QED) is 0.786. The third kappa shape index (κ3) is 5.62. The van der Waals surface area contributed by atoms with E-state index in [1.807, 2.05) is 16.7 Å². The summed E-state index contributed by atoms with van der Waals surface area (Å²) in [4.78, 5) is 16.9. The summed E-state index contributed by atoms with van der Waals surface area (Å²) in [6, 6.07) is 0.371. The van der Waals surface area contributed by atoms with Crippen molar-refractivity contribution in [3.8, 4) is 0 Å². The van der Waals surface area contributed by atoms with Gasteiger partial charge in [0, 0.05) is 50.1 Å². The molecule has 3 aliphatic rings. The van der Waals surface area contributed by atoms with Gasteiger partial charge in [-0.05, 0) is 38.8 Å². The van der Waals surface area contributed by atoms with Crippen molar-refractivity contribution in [2.45, 2.75) is 44.2 Å². The van der Waals surface area contributed by atoms with E-state index in [9.17, 15) is 4.79 Å². The molecule has 132 valence electrons. The molecule has 0 saturated carbocycles. The molecule has 0 radical (unpaired) electrons. The van der Waals surface area contributed by atoms with Crippen molar-refractivity contribution in [2.75, 3.05) is 57.4 Å². The van der Waals surface area contributed by atoms with Crippen LogP contribution in [0.2, 0.25) is 0 Å². The van der Waals surface area contributed by atoms with Gasteiger partial charge in [-0.2, -0.15) is 11.8 Å². The third-order valence-electron chi connectivity index (χ3n) is 5.17. The summed E-state index contributed by atoms with van der Waals surface area (Å²) in [5.74, 6) is 2.56. The number of thioether (sulfide) groups is 1. The van der Waals surface area contributed by atoms with Gasteiger partial charge in [-0.1, -0.05) is 0 Å². The Bertz CT molecular complexity index is 363. The Balaban J connectivity index is 1.29. The van der Waals surface area contributed by atoms with E-state index < -0.39 is 0 Å². The molecular weight excluding hydrogens is 310 g/mol. The van der Waals surface area contributed by atoms with Gasteiger partial charge in [0.05, 0.1) is 12.7 Å². The van der Waals surface area contributed by atoms with Crippen molar-refractivity contribution in [3.63, 3.8) is 0 Å². The topological polar surface area (TPSA) is 44.8 Å². The highest BCUT2D eigenvalue weighted by molar-refractivity contribution is 7.99. The molecule has 0 aliphatic carbocycles. The fourth-order valence-electron chi connectivity index (χ4n) is 3.72. The highest BCUT2D eigenvalue weighted by atomic mass is 32.2. The largest absolute Gasteiger partial charge is 0.377 e. The van der Waals surface area contributed by atoms with Crippen LogP contribution < -0.4 is 5.32 Å². The van der Waals surface area contributed by atoms with E-state index in [-0.39, 0.29) is 0 Å². The maximum Gasteiger partial charge on any atom is 0.224 e. The fraction of sp³-hybridized carbons (Fsp3) is 0.941. The van der Waals surface area contributed by atoms with Gasteiger partial charge in [-0.3, -0.25) is 4.79 Å². The summed E-state index contributed by atoms with van der Waals surface area (Å²) in [5, 5.41) is 3.45. The second-order valence-electron chi connectivity index (χ2n) is 6.93. The molecule has 3 fully saturated rings. The van der Waals surface area contributed by atoms with Crippen molar-refractivity contribution < 1.29 is 9.53 Å². The molecule has 3 heterocycles. The molecule has 1 N–H and O–H groups in total. The van der Waals surface area contributed by atoms with Crippen LogP contribution in [0.4, 0.5) is 0 Å². The van der Waals surface area contributed by atoms with Gasteiger partial charge < -0.3 is 19.9 Å². The summed E-state index contributed by atoms with van der Waals surface area (Å²) < 4.78 is 6.03. The lowest BCUT2D eigenvalue weighted by Crippen LogP contribution is -2.46. The van der Waals surface area contributed by atoms with Crippen LogP contribution >= 0.6 is 11.8 Å². The Morgan fingerprint density at radius 2 is 1.96 bits per heavy atom. The number of amides is 1. The van der Waals surface area contributed by atoms with E-state index in [0.717, 1.165) is 51.4 Å². The van der Waals surface area contributed by atoms with Crippen LogP contribution in [0, 0.1) is 0 Å². The molecule has 5 nitrogen and oxygen atoms in total. The first-order chi connectivity index (χ1) is 11.3. The predicted octanol–water partition coefficient (Wildman–Crippen LogP) is 1.18. The fourth-order valence-corrected chi connectivity index (χ4v) is 4.67. The van der Waals surface area contributed by atoms with E-state index in [4.69, 9.17) is 4.74 Å².